The van der Waals surface area contributed by atoms with Crippen molar-refractivity contribution < 1.29 is 29.6 Å². The molecule has 2 unspecified atom stereocenters. The molecule has 0 fully saturated rings. The third kappa shape index (κ3) is 2.68. The van der Waals surface area contributed by atoms with Gasteiger partial charge in [0.25, 0.3) is 0 Å². The molecule has 2 atom stereocenters. The summed E-state index contributed by atoms with van der Waals surface area (Å²) in [6.45, 7) is 4.51. The molecular formula is C29H24O8. The Kier molecular flexibility index (Phi) is 4.52. The molecule has 0 aromatic heterocycles. The second-order valence-electron chi connectivity index (χ2n) is 10.2. The van der Waals surface area contributed by atoms with Crippen LogP contribution < -0.4 is 20.3 Å². The van der Waals surface area contributed by atoms with E-state index in [0.29, 0.717) is 49.0 Å². The van der Waals surface area contributed by atoms with Gasteiger partial charge in [0.05, 0.1) is 36.5 Å². The molecule has 0 amide bonds. The first-order chi connectivity index (χ1) is 17.4. The van der Waals surface area contributed by atoms with Crippen LogP contribution in [0.1, 0.15) is 36.5 Å². The van der Waals surface area contributed by atoms with Gasteiger partial charge in [-0.2, -0.15) is 0 Å². The van der Waals surface area contributed by atoms with Gasteiger partial charge in [-0.3, -0.25) is 14.4 Å². The van der Waals surface area contributed by atoms with E-state index in [4.69, 9.17) is 9.47 Å². The molecule has 8 heteroatoms. The van der Waals surface area contributed by atoms with Gasteiger partial charge in [-0.25, -0.2) is 0 Å². The molecule has 1 aliphatic rings. The molecule has 6 rings (SSSR count). The third-order valence-electron chi connectivity index (χ3n) is 7.97. The zero-order valence-corrected chi connectivity index (χ0v) is 20.9. The van der Waals surface area contributed by atoms with Gasteiger partial charge in [0.15, 0.2) is 10.9 Å². The number of carbonyl (C=O) groups is 1. The third-order valence-corrected chi connectivity index (χ3v) is 7.97. The molecule has 0 bridgehead atoms. The summed E-state index contributed by atoms with van der Waals surface area (Å²) in [5.41, 5.74) is -1.42. The molecule has 1 aliphatic carbocycles. The second-order valence-corrected chi connectivity index (χ2v) is 10.2. The van der Waals surface area contributed by atoms with Gasteiger partial charge in [-0.05, 0) is 54.3 Å². The van der Waals surface area contributed by atoms with Crippen LogP contribution in [0.5, 0.6) is 23.0 Å². The number of carbonyl (C=O) groups excluding carboxylic acids is 1. The van der Waals surface area contributed by atoms with E-state index in [1.807, 2.05) is 0 Å². The number of ketones is 1. The first kappa shape index (κ1) is 23.2. The molecule has 0 radical (unpaired) electrons. The maximum absolute atomic E-state index is 13.4. The number of phenolic OH excluding ortho intramolecular Hbond substituents is 2. The summed E-state index contributed by atoms with van der Waals surface area (Å²) in [4.78, 5) is 39.9. The van der Waals surface area contributed by atoms with Crippen LogP contribution in [0.2, 0.25) is 0 Å². The van der Waals surface area contributed by atoms with E-state index in [1.165, 1.54) is 46.3 Å². The molecule has 0 spiro atoms. The van der Waals surface area contributed by atoms with E-state index in [0.717, 1.165) is 0 Å². The van der Waals surface area contributed by atoms with E-state index in [2.05, 4.69) is 0 Å². The Morgan fingerprint density at radius 2 is 1.43 bits per heavy atom. The normalized spacial score (nSPS) is 19.4. The van der Waals surface area contributed by atoms with Gasteiger partial charge in [0.2, 0.25) is 0 Å². The van der Waals surface area contributed by atoms with Crippen molar-refractivity contribution in [3.05, 3.63) is 55.3 Å². The van der Waals surface area contributed by atoms with Crippen molar-refractivity contribution in [2.24, 2.45) is 0 Å². The molecule has 8 nitrogen and oxygen atoms in total. The zero-order chi connectivity index (χ0) is 26.7. The average Bonchev–Trinajstić information content (AvgIpc) is 2.92. The standard InChI is InChI=1S/C29H24O8/c1-10-18-24-19-12(9-29(3,35)27(18)11(2)30)6-13(31)20-14(32)7-16(36-4)22(25(19)20)23-17(37-5)8-15(33)21(26(23)24)28(10)34/h6-8,27,32,34-35H,9H2,1-5H3. The lowest BCUT2D eigenvalue weighted by atomic mass is 9.75. The summed E-state index contributed by atoms with van der Waals surface area (Å²) in [5, 5.41) is 36.6. The number of methoxy groups -OCH3 is 2. The largest absolute Gasteiger partial charge is 0.507 e. The summed E-state index contributed by atoms with van der Waals surface area (Å²) in [6.07, 6.45) is -0.0465. The highest BCUT2D eigenvalue weighted by Crippen LogP contribution is 2.55. The van der Waals surface area contributed by atoms with Crippen LogP contribution in [-0.2, 0) is 11.2 Å². The van der Waals surface area contributed by atoms with Crippen molar-refractivity contribution in [1.82, 2.24) is 0 Å². The highest BCUT2D eigenvalue weighted by molar-refractivity contribution is 6.38. The first-order valence-corrected chi connectivity index (χ1v) is 11.8. The lowest BCUT2D eigenvalue weighted by Gasteiger charge is -2.32. The van der Waals surface area contributed by atoms with Crippen LogP contribution in [-0.4, -0.2) is 40.9 Å². The Labute approximate surface area is 210 Å². The molecule has 3 N–H and O–H groups in total. The van der Waals surface area contributed by atoms with Crippen LogP contribution >= 0.6 is 0 Å². The monoisotopic (exact) mass is 500 g/mol. The highest BCUT2D eigenvalue weighted by atomic mass is 16.5. The van der Waals surface area contributed by atoms with Gasteiger partial charge in [-0.15, -0.1) is 0 Å². The minimum atomic E-state index is -1.62. The van der Waals surface area contributed by atoms with E-state index in [-0.39, 0.29) is 46.0 Å². The number of aliphatic hydroxyl groups is 1. The number of hydrogen-bond acceptors (Lipinski definition) is 8. The Hall–Kier alpha value is -4.17. The lowest BCUT2D eigenvalue weighted by Crippen LogP contribution is -2.39. The Morgan fingerprint density at radius 1 is 0.865 bits per heavy atom. The molecule has 5 aromatic rings. The Morgan fingerprint density at radius 3 is 2.03 bits per heavy atom. The van der Waals surface area contributed by atoms with Crippen molar-refractivity contribution in [2.75, 3.05) is 14.2 Å². The highest BCUT2D eigenvalue weighted by Gasteiger charge is 2.43. The fourth-order valence-electron chi connectivity index (χ4n) is 6.67. The topological polar surface area (TPSA) is 130 Å². The molecule has 0 saturated heterocycles. The molecule has 5 aromatic carbocycles. The minimum absolute atomic E-state index is 0.0435. The van der Waals surface area contributed by atoms with Crippen molar-refractivity contribution >= 4 is 48.9 Å². The summed E-state index contributed by atoms with van der Waals surface area (Å²) in [6, 6.07) is 3.97. The van der Waals surface area contributed by atoms with Crippen LogP contribution in [0.15, 0.2) is 27.8 Å². The first-order valence-electron chi connectivity index (χ1n) is 11.8. The van der Waals surface area contributed by atoms with E-state index in [9.17, 15) is 29.7 Å². The van der Waals surface area contributed by atoms with Crippen LogP contribution in [0, 0.1) is 6.92 Å². The van der Waals surface area contributed by atoms with Crippen LogP contribution in [0.3, 0.4) is 0 Å². The zero-order valence-electron chi connectivity index (χ0n) is 20.9. The van der Waals surface area contributed by atoms with Gasteiger partial charge in [0.1, 0.15) is 28.8 Å². The fraction of sp³-hybridized carbons (Fsp3) is 0.276. The van der Waals surface area contributed by atoms with E-state index >= 15 is 0 Å². The number of hydrogen-bond donors (Lipinski definition) is 3. The quantitative estimate of drug-likeness (QED) is 0.253. The fourth-order valence-corrected chi connectivity index (χ4v) is 6.67. The average molecular weight is 501 g/mol. The predicted molar refractivity (Wildman–Crippen MR) is 140 cm³/mol. The lowest BCUT2D eigenvalue weighted by molar-refractivity contribution is -0.124. The number of benzene rings is 5. The number of ether oxygens (including phenoxy) is 2. The summed E-state index contributed by atoms with van der Waals surface area (Å²) >= 11 is 0. The molecule has 0 heterocycles. The minimum Gasteiger partial charge on any atom is -0.507 e. The van der Waals surface area contributed by atoms with E-state index in [1.54, 1.807) is 6.92 Å². The number of fused-ring (bicyclic) bond motifs is 1. The predicted octanol–water partition coefficient (Wildman–Crippen LogP) is 3.61. The summed E-state index contributed by atoms with van der Waals surface area (Å²) < 4.78 is 11.3. The van der Waals surface area contributed by atoms with E-state index < -0.39 is 22.4 Å². The number of aromatic hydroxyl groups is 2. The van der Waals surface area contributed by atoms with Crippen molar-refractivity contribution in [2.45, 2.75) is 38.7 Å². The Bertz CT molecular complexity index is 1950. The van der Waals surface area contributed by atoms with Gasteiger partial charge < -0.3 is 24.8 Å². The van der Waals surface area contributed by atoms with Gasteiger partial charge >= 0.3 is 0 Å². The van der Waals surface area contributed by atoms with Crippen LogP contribution in [0.25, 0.3) is 43.1 Å². The molecule has 0 aliphatic heterocycles. The van der Waals surface area contributed by atoms with Crippen molar-refractivity contribution in [3.8, 4) is 23.0 Å². The van der Waals surface area contributed by atoms with Crippen LogP contribution in [0.4, 0.5) is 0 Å². The molecule has 37 heavy (non-hydrogen) atoms. The number of phenols is 2. The second kappa shape index (κ2) is 7.20. The molecule has 188 valence electrons. The summed E-state index contributed by atoms with van der Waals surface area (Å²) in [7, 11) is 2.83. The number of Topliss-reactive ketones (excluding diaryl/α,β-unsaturated/α-hetero) is 1. The Balaban J connectivity index is 2.17. The maximum Gasteiger partial charge on any atom is 0.193 e. The SMILES string of the molecule is COc1cc(O)c2c(=O)cc3c4c5c(c(C)c(O)c6c(=O)cc(OC)c(c1c24)c65)C(C(C)=O)C(C)(O)C3. The number of rotatable bonds is 3. The molecule has 0 saturated carbocycles. The van der Waals surface area contributed by atoms with Gasteiger partial charge in [-0.1, -0.05) is 0 Å². The van der Waals surface area contributed by atoms with Crippen molar-refractivity contribution in [1.29, 1.82) is 0 Å². The van der Waals surface area contributed by atoms with Crippen molar-refractivity contribution in [3.63, 3.8) is 0 Å². The summed E-state index contributed by atoms with van der Waals surface area (Å²) in [5.74, 6) is -1.54. The van der Waals surface area contributed by atoms with Gasteiger partial charge in [0, 0.05) is 40.1 Å². The smallest absolute Gasteiger partial charge is 0.193 e. The maximum atomic E-state index is 13.4. The molecular weight excluding hydrogens is 476 g/mol.